The lowest BCUT2D eigenvalue weighted by molar-refractivity contribution is -0.173. The second kappa shape index (κ2) is 7.18. The molecule has 1 unspecified atom stereocenters. The molecule has 0 aliphatic heterocycles. The van der Waals surface area contributed by atoms with E-state index in [2.05, 4.69) is 15.0 Å². The fraction of sp³-hybridized carbons (Fsp3) is 0.273. The van der Waals surface area contributed by atoms with Gasteiger partial charge < -0.3 is 14.3 Å². The van der Waals surface area contributed by atoms with Gasteiger partial charge in [-0.2, -0.15) is 0 Å². The summed E-state index contributed by atoms with van der Waals surface area (Å²) in [5.74, 6) is -1.19. The van der Waals surface area contributed by atoms with E-state index in [0.29, 0.717) is 5.02 Å². The summed E-state index contributed by atoms with van der Waals surface area (Å²) in [6.07, 6.45) is -1.38. The Balaban J connectivity index is 2.67. The zero-order chi connectivity index (χ0) is 14.4. The summed E-state index contributed by atoms with van der Waals surface area (Å²) in [4.78, 5) is 27.2. The summed E-state index contributed by atoms with van der Waals surface area (Å²) in [6, 6.07) is 4.46. The minimum Gasteiger partial charge on any atom is -0.465 e. The molecular formula is C11H11Cl2NO5. The van der Waals surface area contributed by atoms with Gasteiger partial charge in [0.05, 0.1) is 17.2 Å². The number of benzene rings is 1. The Morgan fingerprint density at radius 1 is 1.26 bits per heavy atom. The number of methoxy groups -OCH3 is 1. The molecule has 1 aromatic rings. The van der Waals surface area contributed by atoms with Gasteiger partial charge in [0, 0.05) is 13.0 Å². The molecule has 0 heterocycles. The second-order valence-corrected chi connectivity index (χ2v) is 4.12. The van der Waals surface area contributed by atoms with E-state index in [1.165, 1.54) is 18.2 Å². The summed E-state index contributed by atoms with van der Waals surface area (Å²) in [7, 11) is 1.15. The lowest BCUT2D eigenvalue weighted by Gasteiger charge is -2.16. The topological polar surface area (TPSA) is 73.9 Å². The van der Waals surface area contributed by atoms with E-state index in [9.17, 15) is 9.59 Å². The van der Waals surface area contributed by atoms with Gasteiger partial charge in [0.25, 0.3) is 6.23 Å². The fourth-order valence-corrected chi connectivity index (χ4v) is 1.34. The molecule has 0 aliphatic carbocycles. The van der Waals surface area contributed by atoms with Crippen LogP contribution >= 0.6 is 23.2 Å². The van der Waals surface area contributed by atoms with Gasteiger partial charge in [0.15, 0.2) is 0 Å². The first-order valence-electron chi connectivity index (χ1n) is 5.06. The molecule has 1 rings (SSSR count). The molecule has 0 amide bonds. The van der Waals surface area contributed by atoms with E-state index in [1.54, 1.807) is 0 Å². The normalized spacial score (nSPS) is 11.6. The number of hydrogen-bond acceptors (Lipinski definition) is 6. The molecule has 0 saturated carbocycles. The van der Waals surface area contributed by atoms with E-state index in [0.717, 1.165) is 14.0 Å². The molecule has 0 fully saturated rings. The third-order valence-corrected chi connectivity index (χ3v) is 2.61. The quantitative estimate of drug-likeness (QED) is 0.509. The van der Waals surface area contributed by atoms with Crippen LogP contribution in [0.1, 0.15) is 6.92 Å². The van der Waals surface area contributed by atoms with Crippen LogP contribution < -0.4 is 10.3 Å². The predicted molar refractivity (Wildman–Crippen MR) is 67.8 cm³/mol. The van der Waals surface area contributed by atoms with E-state index in [1.807, 2.05) is 0 Å². The van der Waals surface area contributed by atoms with Crippen LogP contribution in [-0.4, -0.2) is 25.3 Å². The van der Waals surface area contributed by atoms with Crippen LogP contribution in [0.4, 0.5) is 0 Å². The van der Waals surface area contributed by atoms with E-state index < -0.39 is 18.2 Å². The highest BCUT2D eigenvalue weighted by Gasteiger charge is 2.23. The third kappa shape index (κ3) is 4.94. The minimum absolute atomic E-state index is 0.281. The summed E-state index contributed by atoms with van der Waals surface area (Å²) < 4.78 is 9.11. The molecule has 6 nitrogen and oxygen atoms in total. The Bertz CT molecular complexity index is 480. The van der Waals surface area contributed by atoms with Crippen LogP contribution in [0, 0.1) is 0 Å². The molecule has 0 spiro atoms. The number of hydroxylamine groups is 1. The number of carbonyl (C=O) groups is 2. The molecule has 1 aromatic carbocycles. The number of nitrogens with one attached hydrogen (secondary N) is 1. The van der Waals surface area contributed by atoms with Gasteiger partial charge in [-0.25, -0.2) is 4.79 Å². The molecule has 1 N–H and O–H groups in total. The molecule has 0 saturated heterocycles. The molecule has 19 heavy (non-hydrogen) atoms. The molecule has 104 valence electrons. The zero-order valence-corrected chi connectivity index (χ0v) is 11.6. The summed E-state index contributed by atoms with van der Waals surface area (Å²) in [5.41, 5.74) is 2.25. The molecule has 8 heteroatoms. The average molecular weight is 308 g/mol. The molecular weight excluding hydrogens is 297 g/mol. The maximum absolute atomic E-state index is 11.3. The van der Waals surface area contributed by atoms with Crippen molar-refractivity contribution in [2.75, 3.05) is 7.11 Å². The zero-order valence-electron chi connectivity index (χ0n) is 10.1. The number of esters is 2. The maximum Gasteiger partial charge on any atom is 0.365 e. The van der Waals surface area contributed by atoms with Crippen molar-refractivity contribution in [3.63, 3.8) is 0 Å². The van der Waals surface area contributed by atoms with Crippen molar-refractivity contribution in [3.05, 3.63) is 28.2 Å². The first-order chi connectivity index (χ1) is 8.93. The third-order valence-electron chi connectivity index (χ3n) is 1.87. The van der Waals surface area contributed by atoms with Crippen molar-refractivity contribution < 1.29 is 23.9 Å². The summed E-state index contributed by atoms with van der Waals surface area (Å²) in [5, 5.41) is 0.640. The number of ether oxygens (including phenoxy) is 2. The van der Waals surface area contributed by atoms with Gasteiger partial charge in [-0.15, -0.1) is 5.48 Å². The Hall–Kier alpha value is -1.50. The molecule has 0 radical (unpaired) electrons. The van der Waals surface area contributed by atoms with Gasteiger partial charge in [-0.05, 0) is 12.1 Å². The minimum atomic E-state index is -1.38. The van der Waals surface area contributed by atoms with Gasteiger partial charge in [0.1, 0.15) is 5.75 Å². The Morgan fingerprint density at radius 2 is 1.95 bits per heavy atom. The van der Waals surface area contributed by atoms with Gasteiger partial charge in [-0.1, -0.05) is 23.2 Å². The van der Waals surface area contributed by atoms with E-state index >= 15 is 0 Å². The van der Waals surface area contributed by atoms with Crippen molar-refractivity contribution in [2.45, 2.75) is 13.2 Å². The molecule has 1 atom stereocenters. The molecule has 0 aliphatic rings. The van der Waals surface area contributed by atoms with Crippen LogP contribution in [-0.2, 0) is 19.1 Å². The number of halogens is 2. The van der Waals surface area contributed by atoms with E-state index in [-0.39, 0.29) is 10.8 Å². The summed E-state index contributed by atoms with van der Waals surface area (Å²) >= 11 is 11.5. The van der Waals surface area contributed by atoms with Crippen molar-refractivity contribution in [1.82, 2.24) is 5.48 Å². The van der Waals surface area contributed by atoms with Gasteiger partial charge in [0.2, 0.25) is 0 Å². The largest absolute Gasteiger partial charge is 0.465 e. The van der Waals surface area contributed by atoms with Crippen molar-refractivity contribution in [2.24, 2.45) is 0 Å². The molecule has 0 aromatic heterocycles. The number of hydrogen-bond donors (Lipinski definition) is 1. The van der Waals surface area contributed by atoms with Crippen LogP contribution in [0.5, 0.6) is 5.75 Å². The Kier molecular flexibility index (Phi) is 5.88. The Labute approximate surface area is 119 Å². The van der Waals surface area contributed by atoms with E-state index in [4.69, 9.17) is 28.0 Å². The highest BCUT2D eigenvalue weighted by atomic mass is 35.5. The fourth-order valence-electron chi connectivity index (χ4n) is 1.06. The Morgan fingerprint density at radius 3 is 2.47 bits per heavy atom. The summed E-state index contributed by atoms with van der Waals surface area (Å²) in [6.45, 7) is 1.15. The maximum atomic E-state index is 11.3. The van der Waals surface area contributed by atoms with Gasteiger partial charge >= 0.3 is 11.9 Å². The smallest absolute Gasteiger partial charge is 0.365 e. The number of rotatable bonds is 5. The van der Waals surface area contributed by atoms with Crippen LogP contribution in [0.25, 0.3) is 0 Å². The SMILES string of the molecule is COC(=O)C(NOc1ccc(Cl)c(Cl)c1)OC(C)=O. The standard InChI is InChI=1S/C11H11Cl2NO5/c1-6(15)18-10(11(16)17-2)14-19-7-3-4-8(12)9(13)5-7/h3-5,10,14H,1-2H3. The van der Waals surface area contributed by atoms with Crippen LogP contribution in [0.15, 0.2) is 18.2 Å². The van der Waals surface area contributed by atoms with Crippen molar-refractivity contribution in [3.8, 4) is 5.75 Å². The highest BCUT2D eigenvalue weighted by molar-refractivity contribution is 6.42. The monoisotopic (exact) mass is 307 g/mol. The average Bonchev–Trinajstić information content (AvgIpc) is 2.37. The lowest BCUT2D eigenvalue weighted by atomic mass is 10.3. The van der Waals surface area contributed by atoms with Crippen molar-refractivity contribution in [1.29, 1.82) is 0 Å². The number of carbonyl (C=O) groups excluding carboxylic acids is 2. The highest BCUT2D eigenvalue weighted by Crippen LogP contribution is 2.25. The first kappa shape index (κ1) is 15.6. The van der Waals surface area contributed by atoms with Gasteiger partial charge in [-0.3, -0.25) is 4.79 Å². The van der Waals surface area contributed by atoms with Crippen LogP contribution in [0.2, 0.25) is 10.0 Å². The lowest BCUT2D eigenvalue weighted by Crippen LogP contribution is -2.42. The predicted octanol–water partition coefficient (Wildman–Crippen LogP) is 1.94. The first-order valence-corrected chi connectivity index (χ1v) is 5.82. The van der Waals surface area contributed by atoms with Crippen molar-refractivity contribution >= 4 is 35.1 Å². The molecule has 0 bridgehead atoms. The van der Waals surface area contributed by atoms with Crippen LogP contribution in [0.3, 0.4) is 0 Å². The second-order valence-electron chi connectivity index (χ2n) is 3.31.